The van der Waals surface area contributed by atoms with Crippen molar-refractivity contribution >= 4 is 5.69 Å². The summed E-state index contributed by atoms with van der Waals surface area (Å²) >= 11 is 0. The van der Waals surface area contributed by atoms with Crippen LogP contribution >= 0.6 is 0 Å². The Bertz CT molecular complexity index is 365. The summed E-state index contributed by atoms with van der Waals surface area (Å²) in [5.41, 5.74) is 6.54. The van der Waals surface area contributed by atoms with Crippen molar-refractivity contribution in [1.29, 1.82) is 0 Å². The molecule has 0 bridgehead atoms. The molecule has 1 aromatic rings. The van der Waals surface area contributed by atoms with Crippen LogP contribution in [0.5, 0.6) is 5.75 Å². The van der Waals surface area contributed by atoms with Gasteiger partial charge in [-0.15, -0.1) is 0 Å². The topological polar surface area (TPSA) is 38.5 Å². The third kappa shape index (κ3) is 3.06. The van der Waals surface area contributed by atoms with Crippen LogP contribution < -0.4 is 15.4 Å². The van der Waals surface area contributed by atoms with Crippen molar-refractivity contribution in [2.75, 3.05) is 18.0 Å². The third-order valence-electron chi connectivity index (χ3n) is 2.96. The number of halogens is 2. The molecule has 0 aromatic heterocycles. The van der Waals surface area contributed by atoms with E-state index in [-0.39, 0.29) is 11.8 Å². The van der Waals surface area contributed by atoms with Gasteiger partial charge in [-0.05, 0) is 25.0 Å². The van der Waals surface area contributed by atoms with E-state index in [9.17, 15) is 8.78 Å². The second-order valence-corrected chi connectivity index (χ2v) is 4.17. The van der Waals surface area contributed by atoms with Crippen molar-refractivity contribution in [2.45, 2.75) is 25.5 Å². The zero-order valence-corrected chi connectivity index (χ0v) is 9.48. The summed E-state index contributed by atoms with van der Waals surface area (Å²) in [7, 11) is 0. The van der Waals surface area contributed by atoms with E-state index in [0.29, 0.717) is 0 Å². The van der Waals surface area contributed by atoms with Crippen molar-refractivity contribution < 1.29 is 13.5 Å². The van der Waals surface area contributed by atoms with E-state index >= 15 is 0 Å². The first-order chi connectivity index (χ1) is 8.16. The van der Waals surface area contributed by atoms with Crippen molar-refractivity contribution in [3.05, 3.63) is 24.3 Å². The molecule has 0 amide bonds. The number of para-hydroxylation sites is 2. The zero-order valence-electron chi connectivity index (χ0n) is 9.48. The molecule has 0 atom stereocenters. The Morgan fingerprint density at radius 1 is 1.24 bits per heavy atom. The van der Waals surface area contributed by atoms with E-state index in [0.717, 1.165) is 31.6 Å². The summed E-state index contributed by atoms with van der Waals surface area (Å²) in [6.07, 6.45) is 1.76. The molecule has 0 spiro atoms. The summed E-state index contributed by atoms with van der Waals surface area (Å²) in [5, 5.41) is 0. The molecule has 1 saturated heterocycles. The van der Waals surface area contributed by atoms with Crippen LogP contribution in [0.3, 0.4) is 0 Å². The van der Waals surface area contributed by atoms with Gasteiger partial charge in [-0.25, -0.2) is 0 Å². The van der Waals surface area contributed by atoms with Gasteiger partial charge in [0.2, 0.25) is 0 Å². The second kappa shape index (κ2) is 5.31. The Balaban J connectivity index is 2.14. The Hall–Kier alpha value is -1.36. The highest BCUT2D eigenvalue weighted by atomic mass is 19.3. The van der Waals surface area contributed by atoms with E-state index in [2.05, 4.69) is 4.74 Å². The summed E-state index contributed by atoms with van der Waals surface area (Å²) in [6.45, 7) is -1.22. The minimum atomic E-state index is -2.79. The molecule has 17 heavy (non-hydrogen) atoms. The van der Waals surface area contributed by atoms with Crippen molar-refractivity contribution in [2.24, 2.45) is 5.73 Å². The maximum absolute atomic E-state index is 12.3. The Morgan fingerprint density at radius 2 is 1.88 bits per heavy atom. The molecular weight excluding hydrogens is 226 g/mol. The fraction of sp³-hybridized carbons (Fsp3) is 0.500. The third-order valence-corrected chi connectivity index (χ3v) is 2.96. The molecule has 1 fully saturated rings. The summed E-state index contributed by atoms with van der Waals surface area (Å²) in [6, 6.07) is 7.10. The molecule has 0 aliphatic carbocycles. The van der Waals surface area contributed by atoms with Crippen LogP contribution in [-0.4, -0.2) is 25.7 Å². The number of nitrogens with two attached hydrogens (primary N) is 1. The van der Waals surface area contributed by atoms with Crippen LogP contribution in [0.25, 0.3) is 0 Å². The highest BCUT2D eigenvalue weighted by molar-refractivity contribution is 5.58. The maximum atomic E-state index is 12.3. The lowest BCUT2D eigenvalue weighted by Crippen LogP contribution is -2.39. The van der Waals surface area contributed by atoms with Crippen LogP contribution in [0.4, 0.5) is 14.5 Å². The van der Waals surface area contributed by atoms with Gasteiger partial charge in [0.25, 0.3) is 0 Å². The fourth-order valence-corrected chi connectivity index (χ4v) is 2.05. The van der Waals surface area contributed by atoms with Gasteiger partial charge in [0.15, 0.2) is 0 Å². The van der Waals surface area contributed by atoms with E-state index in [4.69, 9.17) is 5.73 Å². The van der Waals surface area contributed by atoms with Gasteiger partial charge in [-0.3, -0.25) is 0 Å². The quantitative estimate of drug-likeness (QED) is 0.883. The summed E-state index contributed by atoms with van der Waals surface area (Å²) in [5.74, 6) is 0.234. The first-order valence-electron chi connectivity index (χ1n) is 5.71. The fourth-order valence-electron chi connectivity index (χ4n) is 2.05. The molecule has 2 rings (SSSR count). The lowest BCUT2D eigenvalue weighted by Gasteiger charge is -2.32. The van der Waals surface area contributed by atoms with E-state index < -0.39 is 6.61 Å². The highest BCUT2D eigenvalue weighted by Crippen LogP contribution is 2.31. The SMILES string of the molecule is NC1CCN(c2ccccc2OC(F)F)CC1. The van der Waals surface area contributed by atoms with Crippen molar-refractivity contribution in [1.82, 2.24) is 0 Å². The lowest BCUT2D eigenvalue weighted by molar-refractivity contribution is -0.0495. The van der Waals surface area contributed by atoms with E-state index in [1.165, 1.54) is 0 Å². The standard InChI is InChI=1S/C12H16F2N2O/c13-12(14)17-11-4-2-1-3-10(11)16-7-5-9(15)6-8-16/h1-4,9,12H,5-8,15H2. The first-order valence-corrected chi connectivity index (χ1v) is 5.71. The smallest absolute Gasteiger partial charge is 0.387 e. The normalized spacial score (nSPS) is 17.5. The van der Waals surface area contributed by atoms with Gasteiger partial charge in [0.05, 0.1) is 5.69 Å². The van der Waals surface area contributed by atoms with E-state index in [1.54, 1.807) is 18.2 Å². The number of anilines is 1. The van der Waals surface area contributed by atoms with Gasteiger partial charge >= 0.3 is 6.61 Å². The van der Waals surface area contributed by atoms with Crippen LogP contribution in [0.15, 0.2) is 24.3 Å². The molecule has 0 saturated carbocycles. The maximum Gasteiger partial charge on any atom is 0.387 e. The molecule has 1 aliphatic heterocycles. The van der Waals surface area contributed by atoms with Gasteiger partial charge in [-0.1, -0.05) is 12.1 Å². The molecule has 94 valence electrons. The Kier molecular flexibility index (Phi) is 3.78. The predicted octanol–water partition coefficient (Wildman–Crippen LogP) is 2.22. The van der Waals surface area contributed by atoms with Crippen LogP contribution in [-0.2, 0) is 0 Å². The number of piperidine rings is 1. The average molecular weight is 242 g/mol. The van der Waals surface area contributed by atoms with Crippen molar-refractivity contribution in [3.8, 4) is 5.75 Å². The monoisotopic (exact) mass is 242 g/mol. The number of nitrogens with zero attached hydrogens (tertiary/aromatic N) is 1. The molecule has 0 unspecified atom stereocenters. The number of hydrogen-bond acceptors (Lipinski definition) is 3. The van der Waals surface area contributed by atoms with E-state index in [1.807, 2.05) is 11.0 Å². The van der Waals surface area contributed by atoms with Gasteiger partial charge < -0.3 is 15.4 Å². The Morgan fingerprint density at radius 3 is 2.53 bits per heavy atom. The van der Waals surface area contributed by atoms with Crippen LogP contribution in [0.2, 0.25) is 0 Å². The minimum Gasteiger partial charge on any atom is -0.433 e. The molecule has 1 aromatic carbocycles. The minimum absolute atomic E-state index is 0.217. The number of alkyl halides is 2. The Labute approximate surface area is 99.2 Å². The number of hydrogen-bond donors (Lipinski definition) is 1. The molecule has 1 heterocycles. The van der Waals surface area contributed by atoms with Crippen LogP contribution in [0, 0.1) is 0 Å². The zero-order chi connectivity index (χ0) is 12.3. The summed E-state index contributed by atoms with van der Waals surface area (Å²) < 4.78 is 29.1. The molecule has 3 nitrogen and oxygen atoms in total. The molecule has 5 heteroatoms. The van der Waals surface area contributed by atoms with Crippen molar-refractivity contribution in [3.63, 3.8) is 0 Å². The molecule has 0 radical (unpaired) electrons. The largest absolute Gasteiger partial charge is 0.433 e. The molecular formula is C12H16F2N2O. The molecule has 1 aliphatic rings. The average Bonchev–Trinajstić information content (AvgIpc) is 2.30. The van der Waals surface area contributed by atoms with Gasteiger partial charge in [0.1, 0.15) is 5.75 Å². The summed E-state index contributed by atoms with van der Waals surface area (Å²) in [4.78, 5) is 2.04. The first kappa shape index (κ1) is 12.1. The lowest BCUT2D eigenvalue weighted by atomic mass is 10.1. The highest BCUT2D eigenvalue weighted by Gasteiger charge is 2.20. The van der Waals surface area contributed by atoms with Gasteiger partial charge in [-0.2, -0.15) is 8.78 Å². The number of rotatable bonds is 3. The number of benzene rings is 1. The molecule has 2 N–H and O–H groups in total. The van der Waals surface area contributed by atoms with Gasteiger partial charge in [0, 0.05) is 19.1 Å². The number of ether oxygens (including phenoxy) is 1. The predicted molar refractivity (Wildman–Crippen MR) is 62.5 cm³/mol. The second-order valence-electron chi connectivity index (χ2n) is 4.17. The van der Waals surface area contributed by atoms with Crippen LogP contribution in [0.1, 0.15) is 12.8 Å².